The van der Waals surface area contributed by atoms with Gasteiger partial charge in [-0.2, -0.15) is 0 Å². The molecule has 0 spiro atoms. The lowest BCUT2D eigenvalue weighted by atomic mass is 10.0. The zero-order valence-electron chi connectivity index (χ0n) is 21.1. The van der Waals surface area contributed by atoms with E-state index in [1.165, 1.54) is 13.4 Å². The maximum absolute atomic E-state index is 12.6. The van der Waals surface area contributed by atoms with E-state index in [9.17, 15) is 19.2 Å². The number of nitrogens with one attached hydrogen (secondary N) is 3. The molecule has 2 aromatic carbocycles. The quantitative estimate of drug-likeness (QED) is 0.200. The molecular formula is C26H27Cl2N5O6S. The number of aromatic nitrogens is 2. The fraction of sp³-hybridized carbons (Fsp3) is 0.192. The largest absolute Gasteiger partial charge is 0.467 e. The van der Waals surface area contributed by atoms with Gasteiger partial charge >= 0.3 is 5.97 Å². The molecule has 2 heterocycles. The maximum Gasteiger partial charge on any atom is 0.328 e. The van der Waals surface area contributed by atoms with Gasteiger partial charge in [-0.1, -0.05) is 24.3 Å². The van der Waals surface area contributed by atoms with E-state index < -0.39 is 35.1 Å². The number of methoxy groups -OCH3 is 1. The summed E-state index contributed by atoms with van der Waals surface area (Å²) in [5, 5.41) is 4.49. The van der Waals surface area contributed by atoms with Gasteiger partial charge in [-0.15, -0.1) is 24.8 Å². The van der Waals surface area contributed by atoms with E-state index >= 15 is 0 Å². The van der Waals surface area contributed by atoms with Crippen molar-refractivity contribution in [3.05, 3.63) is 82.8 Å². The average molecular weight is 609 g/mol. The molecule has 14 heteroatoms. The number of ether oxygens (including phenoxy) is 2. The smallest absolute Gasteiger partial charge is 0.328 e. The van der Waals surface area contributed by atoms with Crippen LogP contribution in [0.2, 0.25) is 0 Å². The van der Waals surface area contributed by atoms with Crippen LogP contribution in [0.15, 0.2) is 66.0 Å². The first-order valence-electron chi connectivity index (χ1n) is 11.5. The number of thioether (sulfide) groups is 1. The Morgan fingerprint density at radius 2 is 1.70 bits per heavy atom. The minimum absolute atomic E-state index is 0. The first kappa shape index (κ1) is 32.4. The molecular weight excluding hydrogens is 581 g/mol. The fourth-order valence-corrected chi connectivity index (χ4v) is 4.29. The van der Waals surface area contributed by atoms with Crippen LogP contribution in [-0.4, -0.2) is 52.2 Å². The molecule has 2 unspecified atom stereocenters. The molecule has 0 radical (unpaired) electrons. The van der Waals surface area contributed by atoms with Crippen molar-refractivity contribution >= 4 is 65.7 Å². The van der Waals surface area contributed by atoms with Crippen molar-refractivity contribution in [3.8, 4) is 11.5 Å². The zero-order chi connectivity index (χ0) is 27.1. The monoisotopic (exact) mass is 607 g/mol. The Morgan fingerprint density at radius 3 is 2.25 bits per heavy atom. The summed E-state index contributed by atoms with van der Waals surface area (Å²) >= 11 is 0.857. The standard InChI is InChI=1S/C26H25N5O6S.2ClH/c1-36-25(34)21(30-23(32)20(27)12-17-13-28-14-29-17)10-15-2-6-18(7-3-15)37-19-8-4-16(5-9-19)11-22-24(33)31-26(35)38-22;;/h2-9,11,13-14,20-21H,10,12,27H2,1H3,(H,28,29)(H,30,32)(H,31,33,35);2*1H/b22-11-;;. The van der Waals surface area contributed by atoms with E-state index in [2.05, 4.69) is 20.6 Å². The number of amides is 3. The third-order valence-electron chi connectivity index (χ3n) is 5.55. The lowest BCUT2D eigenvalue weighted by Crippen LogP contribution is -2.50. The van der Waals surface area contributed by atoms with Crippen LogP contribution < -0.4 is 21.1 Å². The Hall–Kier alpha value is -3.84. The topological polar surface area (TPSA) is 165 Å². The van der Waals surface area contributed by atoms with Crippen LogP contribution >= 0.6 is 36.6 Å². The number of halogens is 2. The van der Waals surface area contributed by atoms with Crippen LogP contribution in [-0.2, 0) is 32.0 Å². The summed E-state index contributed by atoms with van der Waals surface area (Å²) in [7, 11) is 1.26. The number of carbonyl (C=O) groups is 4. The number of nitrogens with two attached hydrogens (primary N) is 1. The number of imidazole rings is 1. The summed E-state index contributed by atoms with van der Waals surface area (Å²) in [5.74, 6) is -0.332. The Labute approximate surface area is 246 Å². The number of aromatic amines is 1. The predicted octanol–water partition coefficient (Wildman–Crippen LogP) is 3.14. The van der Waals surface area contributed by atoms with E-state index in [0.717, 1.165) is 22.9 Å². The molecule has 1 saturated heterocycles. The number of hydrogen-bond donors (Lipinski definition) is 4. The number of nitrogens with zero attached hydrogens (tertiary/aromatic N) is 1. The third-order valence-corrected chi connectivity index (χ3v) is 6.36. The number of imide groups is 1. The Morgan fingerprint density at radius 1 is 1.05 bits per heavy atom. The highest BCUT2D eigenvalue weighted by Gasteiger charge is 2.26. The highest BCUT2D eigenvalue weighted by Crippen LogP contribution is 2.27. The lowest BCUT2D eigenvalue weighted by Gasteiger charge is -2.19. The predicted molar refractivity (Wildman–Crippen MR) is 154 cm³/mol. The van der Waals surface area contributed by atoms with E-state index in [4.69, 9.17) is 15.2 Å². The van der Waals surface area contributed by atoms with Crippen LogP contribution in [0.1, 0.15) is 16.8 Å². The summed E-state index contributed by atoms with van der Waals surface area (Å²) in [5.41, 5.74) is 8.22. The summed E-state index contributed by atoms with van der Waals surface area (Å²) in [4.78, 5) is 55.0. The molecule has 1 aliphatic heterocycles. The molecule has 1 aliphatic rings. The second kappa shape index (κ2) is 15.1. The lowest BCUT2D eigenvalue weighted by molar-refractivity contribution is -0.145. The Balaban J connectivity index is 0.00000280. The summed E-state index contributed by atoms with van der Waals surface area (Å²) < 4.78 is 10.7. The number of carbonyl (C=O) groups excluding carboxylic acids is 4. The molecule has 212 valence electrons. The fourth-order valence-electron chi connectivity index (χ4n) is 3.61. The molecule has 4 rings (SSSR count). The van der Waals surface area contributed by atoms with Gasteiger partial charge < -0.3 is 25.5 Å². The van der Waals surface area contributed by atoms with Crippen molar-refractivity contribution in [3.63, 3.8) is 0 Å². The Bertz CT molecular complexity index is 1350. The highest BCUT2D eigenvalue weighted by molar-refractivity contribution is 8.18. The van der Waals surface area contributed by atoms with Crippen LogP contribution in [0, 0.1) is 0 Å². The van der Waals surface area contributed by atoms with Gasteiger partial charge in [-0.05, 0) is 53.2 Å². The van der Waals surface area contributed by atoms with Gasteiger partial charge in [0.05, 0.1) is 24.4 Å². The number of hydrogen-bond acceptors (Lipinski definition) is 9. The Kier molecular flexibility index (Phi) is 12.2. The van der Waals surface area contributed by atoms with Crippen molar-refractivity contribution in [2.24, 2.45) is 5.73 Å². The van der Waals surface area contributed by atoms with E-state index in [1.807, 2.05) is 0 Å². The zero-order valence-corrected chi connectivity index (χ0v) is 23.6. The molecule has 0 bridgehead atoms. The van der Waals surface area contributed by atoms with E-state index in [-0.39, 0.29) is 37.7 Å². The normalized spacial score (nSPS) is 14.8. The third kappa shape index (κ3) is 8.85. The second-order valence-corrected chi connectivity index (χ2v) is 9.36. The van der Waals surface area contributed by atoms with Crippen LogP contribution in [0.5, 0.6) is 11.5 Å². The SMILES string of the molecule is COC(=O)C(Cc1ccc(Oc2ccc(/C=C3\SC(=O)NC3=O)cc2)cc1)NC(=O)C(N)Cc1cnc[nH]1.Cl.Cl. The van der Waals surface area contributed by atoms with Gasteiger partial charge in [-0.3, -0.25) is 19.7 Å². The van der Waals surface area contributed by atoms with Crippen molar-refractivity contribution in [2.45, 2.75) is 24.9 Å². The average Bonchev–Trinajstić information content (AvgIpc) is 3.53. The van der Waals surface area contributed by atoms with Crippen molar-refractivity contribution in [2.75, 3.05) is 7.11 Å². The molecule has 2 atom stereocenters. The number of benzene rings is 2. The summed E-state index contributed by atoms with van der Waals surface area (Å²) in [6, 6.07) is 12.3. The molecule has 0 saturated carbocycles. The van der Waals surface area contributed by atoms with Crippen molar-refractivity contribution in [1.82, 2.24) is 20.6 Å². The summed E-state index contributed by atoms with van der Waals surface area (Å²) in [6.07, 6.45) is 5.16. The van der Waals surface area contributed by atoms with Crippen LogP contribution in [0.3, 0.4) is 0 Å². The van der Waals surface area contributed by atoms with Crippen LogP contribution in [0.4, 0.5) is 4.79 Å². The maximum atomic E-state index is 12.6. The van der Waals surface area contributed by atoms with Gasteiger partial charge in [0, 0.05) is 24.7 Å². The van der Waals surface area contributed by atoms with E-state index in [1.54, 1.807) is 60.8 Å². The highest BCUT2D eigenvalue weighted by atomic mass is 35.5. The van der Waals surface area contributed by atoms with E-state index in [0.29, 0.717) is 22.1 Å². The number of esters is 1. The first-order valence-corrected chi connectivity index (χ1v) is 12.3. The van der Waals surface area contributed by atoms with Crippen LogP contribution in [0.25, 0.3) is 6.08 Å². The van der Waals surface area contributed by atoms with Crippen molar-refractivity contribution in [1.29, 1.82) is 0 Å². The molecule has 0 aliphatic carbocycles. The van der Waals surface area contributed by atoms with Crippen molar-refractivity contribution < 1.29 is 28.7 Å². The second-order valence-electron chi connectivity index (χ2n) is 8.34. The summed E-state index contributed by atoms with van der Waals surface area (Å²) in [6.45, 7) is 0. The van der Waals surface area contributed by atoms with Gasteiger partial charge in [0.25, 0.3) is 11.1 Å². The van der Waals surface area contributed by atoms with Gasteiger partial charge in [0.1, 0.15) is 17.5 Å². The molecule has 3 aromatic rings. The minimum atomic E-state index is -0.913. The van der Waals surface area contributed by atoms with Gasteiger partial charge in [0.2, 0.25) is 5.91 Å². The first-order chi connectivity index (χ1) is 18.3. The number of H-pyrrole nitrogens is 1. The van der Waals surface area contributed by atoms with Gasteiger partial charge in [0.15, 0.2) is 0 Å². The molecule has 1 fully saturated rings. The number of rotatable bonds is 10. The minimum Gasteiger partial charge on any atom is -0.467 e. The molecule has 3 amide bonds. The molecule has 40 heavy (non-hydrogen) atoms. The molecule has 1 aromatic heterocycles. The van der Waals surface area contributed by atoms with Gasteiger partial charge in [-0.25, -0.2) is 9.78 Å². The molecule has 11 nitrogen and oxygen atoms in total. The molecule has 5 N–H and O–H groups in total.